The smallest absolute Gasteiger partial charge is 0.224 e. The number of likely N-dealkylation sites (N-methyl/N-ethyl adjacent to an activating group) is 1. The Labute approximate surface area is 163 Å². The average Bonchev–Trinajstić information content (AvgIpc) is 2.63. The maximum absolute atomic E-state index is 12.9. The lowest BCUT2D eigenvalue weighted by atomic mass is 10.0. The van der Waals surface area contributed by atoms with Gasteiger partial charge in [0.05, 0.1) is 19.0 Å². The van der Waals surface area contributed by atoms with E-state index in [1.54, 1.807) is 31.3 Å². The van der Waals surface area contributed by atoms with Crippen LogP contribution in [-0.2, 0) is 9.59 Å². The summed E-state index contributed by atoms with van der Waals surface area (Å²) in [7, 11) is 1.67. The van der Waals surface area contributed by atoms with E-state index in [4.69, 9.17) is 16.3 Å². The molecule has 2 amide bonds. The molecular formula is C20H22ClFN2O3. The van der Waals surface area contributed by atoms with Crippen molar-refractivity contribution < 1.29 is 18.7 Å². The van der Waals surface area contributed by atoms with E-state index in [-0.39, 0.29) is 30.7 Å². The van der Waals surface area contributed by atoms with Gasteiger partial charge in [0.15, 0.2) is 0 Å². The number of carbonyl (C=O) groups excluding carboxylic acids is 2. The standard InChI is InChI=1S/C20H22ClFN2O3/c1-14(25)23-19(15-3-5-16(21)6-4-15)13-20(26)24(2)11-12-27-18-9-7-17(22)8-10-18/h3-10,19H,11-13H2,1-2H3,(H,23,25)/t19-/m0/s1. The molecule has 2 rings (SSSR count). The van der Waals surface area contributed by atoms with Crippen molar-refractivity contribution in [2.24, 2.45) is 0 Å². The van der Waals surface area contributed by atoms with E-state index in [2.05, 4.69) is 5.32 Å². The van der Waals surface area contributed by atoms with Crippen molar-refractivity contribution >= 4 is 23.4 Å². The van der Waals surface area contributed by atoms with Gasteiger partial charge in [0, 0.05) is 19.0 Å². The highest BCUT2D eigenvalue weighted by molar-refractivity contribution is 6.30. The molecule has 5 nitrogen and oxygen atoms in total. The summed E-state index contributed by atoms with van der Waals surface area (Å²) in [5.41, 5.74) is 0.805. The van der Waals surface area contributed by atoms with Crippen molar-refractivity contribution in [1.82, 2.24) is 10.2 Å². The Kier molecular flexibility index (Phi) is 7.61. The predicted octanol–water partition coefficient (Wildman–Crippen LogP) is 3.58. The van der Waals surface area contributed by atoms with E-state index in [9.17, 15) is 14.0 Å². The molecule has 7 heteroatoms. The van der Waals surface area contributed by atoms with Gasteiger partial charge in [0.1, 0.15) is 18.2 Å². The zero-order valence-electron chi connectivity index (χ0n) is 15.2. The fourth-order valence-electron chi connectivity index (χ4n) is 2.48. The summed E-state index contributed by atoms with van der Waals surface area (Å²) in [4.78, 5) is 25.5. The molecule has 0 unspecified atom stereocenters. The molecule has 0 aliphatic carbocycles. The maximum Gasteiger partial charge on any atom is 0.224 e. The highest BCUT2D eigenvalue weighted by Gasteiger charge is 2.19. The number of hydrogen-bond acceptors (Lipinski definition) is 3. The number of halogens is 2. The quantitative estimate of drug-likeness (QED) is 0.747. The SMILES string of the molecule is CC(=O)N[C@@H](CC(=O)N(C)CCOc1ccc(F)cc1)c1ccc(Cl)cc1. The summed E-state index contributed by atoms with van der Waals surface area (Å²) >= 11 is 5.90. The highest BCUT2D eigenvalue weighted by Crippen LogP contribution is 2.20. The normalized spacial score (nSPS) is 11.6. The van der Waals surface area contributed by atoms with Crippen molar-refractivity contribution in [3.8, 4) is 5.75 Å². The van der Waals surface area contributed by atoms with Crippen LogP contribution in [0.3, 0.4) is 0 Å². The van der Waals surface area contributed by atoms with E-state index in [1.165, 1.54) is 36.1 Å². The minimum Gasteiger partial charge on any atom is -0.492 e. The van der Waals surface area contributed by atoms with Crippen LogP contribution >= 0.6 is 11.6 Å². The van der Waals surface area contributed by atoms with E-state index < -0.39 is 6.04 Å². The lowest BCUT2D eigenvalue weighted by Gasteiger charge is -2.22. The molecule has 0 radical (unpaired) electrons. The Bertz CT molecular complexity index is 766. The molecule has 0 spiro atoms. The third kappa shape index (κ3) is 6.90. The van der Waals surface area contributed by atoms with Gasteiger partial charge < -0.3 is 15.0 Å². The third-order valence-corrected chi connectivity index (χ3v) is 4.22. The minimum absolute atomic E-state index is 0.119. The molecule has 0 saturated carbocycles. The lowest BCUT2D eigenvalue weighted by Crippen LogP contribution is -2.35. The molecule has 0 fully saturated rings. The summed E-state index contributed by atoms with van der Waals surface area (Å²) in [6.45, 7) is 2.05. The predicted molar refractivity (Wildman–Crippen MR) is 102 cm³/mol. The number of amides is 2. The maximum atomic E-state index is 12.9. The van der Waals surface area contributed by atoms with Gasteiger partial charge >= 0.3 is 0 Å². The third-order valence-electron chi connectivity index (χ3n) is 3.96. The van der Waals surface area contributed by atoms with Gasteiger partial charge in [0.25, 0.3) is 0 Å². The Hall–Kier alpha value is -2.60. The van der Waals surface area contributed by atoms with E-state index >= 15 is 0 Å². The topological polar surface area (TPSA) is 58.6 Å². The van der Waals surface area contributed by atoms with Crippen LogP contribution < -0.4 is 10.1 Å². The second kappa shape index (κ2) is 9.92. The molecular weight excluding hydrogens is 371 g/mol. The first kappa shape index (κ1) is 20.7. The first-order chi connectivity index (χ1) is 12.8. The molecule has 0 saturated heterocycles. The van der Waals surface area contributed by atoms with Crippen molar-refractivity contribution in [1.29, 1.82) is 0 Å². The lowest BCUT2D eigenvalue weighted by molar-refractivity contribution is -0.131. The van der Waals surface area contributed by atoms with Crippen LogP contribution in [0, 0.1) is 5.82 Å². The molecule has 0 heterocycles. The second-order valence-electron chi connectivity index (χ2n) is 6.13. The molecule has 0 bridgehead atoms. The molecule has 0 aliphatic rings. The largest absolute Gasteiger partial charge is 0.492 e. The molecule has 27 heavy (non-hydrogen) atoms. The number of nitrogens with zero attached hydrogens (tertiary/aromatic N) is 1. The van der Waals surface area contributed by atoms with Crippen molar-refractivity contribution in [3.05, 3.63) is 64.9 Å². The zero-order valence-corrected chi connectivity index (χ0v) is 16.0. The van der Waals surface area contributed by atoms with Gasteiger partial charge in [-0.2, -0.15) is 0 Å². The monoisotopic (exact) mass is 392 g/mol. The summed E-state index contributed by atoms with van der Waals surface area (Å²) in [6.07, 6.45) is 0.119. The zero-order chi connectivity index (χ0) is 19.8. The highest BCUT2D eigenvalue weighted by atomic mass is 35.5. The van der Waals surface area contributed by atoms with Gasteiger partial charge in [-0.25, -0.2) is 4.39 Å². The fraction of sp³-hybridized carbons (Fsp3) is 0.300. The fourth-order valence-corrected chi connectivity index (χ4v) is 2.61. The van der Waals surface area contributed by atoms with E-state index in [1.807, 2.05) is 0 Å². The van der Waals surface area contributed by atoms with Crippen LogP contribution in [0.2, 0.25) is 5.02 Å². The minimum atomic E-state index is -0.437. The molecule has 1 atom stereocenters. The number of benzene rings is 2. The van der Waals surface area contributed by atoms with Crippen molar-refractivity contribution in [2.75, 3.05) is 20.2 Å². The Morgan fingerprint density at radius 3 is 2.37 bits per heavy atom. The van der Waals surface area contributed by atoms with Crippen LogP contribution in [-0.4, -0.2) is 36.9 Å². The Morgan fingerprint density at radius 2 is 1.78 bits per heavy atom. The molecule has 144 valence electrons. The summed E-state index contributed by atoms with van der Waals surface area (Å²) in [5.74, 6) is -0.146. The number of hydrogen-bond donors (Lipinski definition) is 1. The van der Waals surface area contributed by atoms with Gasteiger partial charge in [-0.3, -0.25) is 9.59 Å². The molecule has 1 N–H and O–H groups in total. The van der Waals surface area contributed by atoms with Crippen LogP contribution in [0.4, 0.5) is 4.39 Å². The van der Waals surface area contributed by atoms with Gasteiger partial charge in [0.2, 0.25) is 11.8 Å². The van der Waals surface area contributed by atoms with Crippen molar-refractivity contribution in [3.63, 3.8) is 0 Å². The Morgan fingerprint density at radius 1 is 1.15 bits per heavy atom. The Balaban J connectivity index is 1.89. The number of rotatable bonds is 8. The summed E-state index contributed by atoms with van der Waals surface area (Å²) in [6, 6.07) is 12.3. The average molecular weight is 393 g/mol. The van der Waals surface area contributed by atoms with Gasteiger partial charge in [-0.15, -0.1) is 0 Å². The van der Waals surface area contributed by atoms with Crippen LogP contribution in [0.1, 0.15) is 24.9 Å². The van der Waals surface area contributed by atoms with E-state index in [0.717, 1.165) is 5.56 Å². The van der Waals surface area contributed by atoms with Crippen LogP contribution in [0.25, 0.3) is 0 Å². The van der Waals surface area contributed by atoms with Crippen LogP contribution in [0.5, 0.6) is 5.75 Å². The molecule has 0 aromatic heterocycles. The summed E-state index contributed by atoms with van der Waals surface area (Å²) in [5, 5.41) is 3.38. The summed E-state index contributed by atoms with van der Waals surface area (Å²) < 4.78 is 18.4. The first-order valence-electron chi connectivity index (χ1n) is 8.50. The van der Waals surface area contributed by atoms with E-state index in [0.29, 0.717) is 17.3 Å². The number of ether oxygens (including phenoxy) is 1. The van der Waals surface area contributed by atoms with Gasteiger partial charge in [-0.05, 0) is 42.0 Å². The number of nitrogens with one attached hydrogen (secondary N) is 1. The van der Waals surface area contributed by atoms with Gasteiger partial charge in [-0.1, -0.05) is 23.7 Å². The second-order valence-corrected chi connectivity index (χ2v) is 6.56. The molecule has 2 aromatic carbocycles. The molecule has 2 aromatic rings. The van der Waals surface area contributed by atoms with Crippen molar-refractivity contribution in [2.45, 2.75) is 19.4 Å². The van der Waals surface area contributed by atoms with Crippen LogP contribution in [0.15, 0.2) is 48.5 Å². The number of carbonyl (C=O) groups is 2. The first-order valence-corrected chi connectivity index (χ1v) is 8.88. The molecule has 0 aliphatic heterocycles.